The monoisotopic (exact) mass is 161 g/mol. The molecule has 0 radical (unpaired) electrons. The molecule has 0 aliphatic carbocycles. The summed E-state index contributed by atoms with van der Waals surface area (Å²) in [6, 6.07) is -1.66. The van der Waals surface area contributed by atoms with Crippen LogP contribution in [0.3, 0.4) is 0 Å². The SMILES string of the molecule is CC(N[C@@H](C)C(=O)O)C(=O)O. The van der Waals surface area contributed by atoms with Crippen LogP contribution in [0.4, 0.5) is 0 Å². The van der Waals surface area contributed by atoms with Crippen molar-refractivity contribution < 1.29 is 19.8 Å². The van der Waals surface area contributed by atoms with Crippen LogP contribution in [0.2, 0.25) is 0 Å². The van der Waals surface area contributed by atoms with Crippen LogP contribution in [0.15, 0.2) is 0 Å². The minimum Gasteiger partial charge on any atom is -0.480 e. The highest BCUT2D eigenvalue weighted by atomic mass is 16.4. The van der Waals surface area contributed by atoms with Crippen molar-refractivity contribution in [1.82, 2.24) is 5.32 Å². The van der Waals surface area contributed by atoms with E-state index < -0.39 is 24.0 Å². The summed E-state index contributed by atoms with van der Waals surface area (Å²) in [5, 5.41) is 19.1. The molecular formula is C6H11NO4. The lowest BCUT2D eigenvalue weighted by Gasteiger charge is -2.12. The number of carboxylic acid groups (broad SMARTS) is 2. The third-order valence-corrected chi connectivity index (χ3v) is 1.24. The van der Waals surface area contributed by atoms with Crippen molar-refractivity contribution in [1.29, 1.82) is 0 Å². The summed E-state index contributed by atoms with van der Waals surface area (Å²) in [5.41, 5.74) is 0. The topological polar surface area (TPSA) is 86.6 Å². The van der Waals surface area contributed by atoms with Crippen molar-refractivity contribution in [3.63, 3.8) is 0 Å². The van der Waals surface area contributed by atoms with E-state index in [1.165, 1.54) is 13.8 Å². The Kier molecular flexibility index (Phi) is 3.53. The Labute approximate surface area is 64.0 Å². The second-order valence-electron chi connectivity index (χ2n) is 2.29. The molecule has 0 saturated carbocycles. The third-order valence-electron chi connectivity index (χ3n) is 1.24. The smallest absolute Gasteiger partial charge is 0.320 e. The molecule has 0 aromatic heterocycles. The summed E-state index contributed by atoms with van der Waals surface area (Å²) >= 11 is 0. The van der Waals surface area contributed by atoms with Gasteiger partial charge in [0.1, 0.15) is 12.1 Å². The van der Waals surface area contributed by atoms with Gasteiger partial charge in [-0.2, -0.15) is 0 Å². The van der Waals surface area contributed by atoms with Crippen molar-refractivity contribution in [3.05, 3.63) is 0 Å². The molecule has 0 rings (SSSR count). The molecule has 0 aromatic carbocycles. The predicted molar refractivity (Wildman–Crippen MR) is 37.3 cm³/mol. The normalized spacial score (nSPS) is 15.5. The molecule has 2 atom stereocenters. The lowest BCUT2D eigenvalue weighted by Crippen LogP contribution is -2.43. The fourth-order valence-corrected chi connectivity index (χ4v) is 0.518. The quantitative estimate of drug-likeness (QED) is 0.518. The summed E-state index contributed by atoms with van der Waals surface area (Å²) in [5.74, 6) is -2.11. The van der Waals surface area contributed by atoms with Crippen molar-refractivity contribution in [2.45, 2.75) is 25.9 Å². The van der Waals surface area contributed by atoms with Gasteiger partial charge in [-0.15, -0.1) is 0 Å². The number of carbonyl (C=O) groups is 2. The highest BCUT2D eigenvalue weighted by Gasteiger charge is 2.17. The van der Waals surface area contributed by atoms with E-state index in [0.717, 1.165) is 0 Å². The fraction of sp³-hybridized carbons (Fsp3) is 0.667. The van der Waals surface area contributed by atoms with E-state index in [1.54, 1.807) is 0 Å². The number of hydrogen-bond donors (Lipinski definition) is 3. The highest BCUT2D eigenvalue weighted by Crippen LogP contribution is 1.87. The number of carboxylic acids is 2. The van der Waals surface area contributed by atoms with Crippen molar-refractivity contribution in [2.75, 3.05) is 0 Å². The summed E-state index contributed by atoms with van der Waals surface area (Å²) in [6.45, 7) is 2.78. The van der Waals surface area contributed by atoms with E-state index >= 15 is 0 Å². The van der Waals surface area contributed by atoms with E-state index in [4.69, 9.17) is 10.2 Å². The van der Waals surface area contributed by atoms with Crippen molar-refractivity contribution >= 4 is 11.9 Å². The highest BCUT2D eigenvalue weighted by molar-refractivity contribution is 5.76. The van der Waals surface area contributed by atoms with Crippen LogP contribution in [-0.2, 0) is 9.59 Å². The maximum Gasteiger partial charge on any atom is 0.320 e. The molecule has 11 heavy (non-hydrogen) atoms. The van der Waals surface area contributed by atoms with Crippen LogP contribution in [0.25, 0.3) is 0 Å². The lowest BCUT2D eigenvalue weighted by molar-refractivity contribution is -0.141. The van der Waals surface area contributed by atoms with Gasteiger partial charge < -0.3 is 10.2 Å². The number of hydrogen-bond acceptors (Lipinski definition) is 3. The minimum absolute atomic E-state index is 0.832. The van der Waals surface area contributed by atoms with Crippen molar-refractivity contribution in [2.24, 2.45) is 0 Å². The van der Waals surface area contributed by atoms with Gasteiger partial charge in [-0.25, -0.2) is 0 Å². The van der Waals surface area contributed by atoms with Crippen LogP contribution < -0.4 is 5.32 Å². The van der Waals surface area contributed by atoms with E-state index in [1.807, 2.05) is 0 Å². The summed E-state index contributed by atoms with van der Waals surface area (Å²) in [6.07, 6.45) is 0. The maximum atomic E-state index is 10.2. The van der Waals surface area contributed by atoms with Gasteiger partial charge in [-0.05, 0) is 13.8 Å². The first kappa shape index (κ1) is 9.90. The molecule has 0 saturated heterocycles. The van der Waals surface area contributed by atoms with Crippen molar-refractivity contribution in [3.8, 4) is 0 Å². The van der Waals surface area contributed by atoms with Crippen LogP contribution in [0.5, 0.6) is 0 Å². The van der Waals surface area contributed by atoms with Crippen LogP contribution in [0, 0.1) is 0 Å². The maximum absolute atomic E-state index is 10.2. The molecular weight excluding hydrogens is 150 g/mol. The molecule has 0 amide bonds. The van der Waals surface area contributed by atoms with Gasteiger partial charge in [0.05, 0.1) is 0 Å². The molecule has 0 aromatic rings. The molecule has 64 valence electrons. The Morgan fingerprint density at radius 2 is 1.36 bits per heavy atom. The average molecular weight is 161 g/mol. The Balaban J connectivity index is 3.84. The number of nitrogens with one attached hydrogen (secondary N) is 1. The first-order valence-electron chi connectivity index (χ1n) is 3.16. The van der Waals surface area contributed by atoms with Gasteiger partial charge in [-0.3, -0.25) is 14.9 Å². The minimum atomic E-state index is -1.06. The first-order chi connectivity index (χ1) is 4.95. The van der Waals surface area contributed by atoms with Gasteiger partial charge in [0.25, 0.3) is 0 Å². The second-order valence-corrected chi connectivity index (χ2v) is 2.29. The predicted octanol–water partition coefficient (Wildman–Crippen LogP) is -0.478. The molecule has 0 aliphatic rings. The molecule has 0 fully saturated rings. The standard InChI is InChI=1S/C6H11NO4/c1-3(5(8)9)7-4(2)6(10)11/h3-4,7H,1-2H3,(H,8,9)(H,10,11)/t3-,4?/m0/s1. The zero-order valence-electron chi connectivity index (χ0n) is 6.37. The number of aliphatic carboxylic acids is 2. The van der Waals surface area contributed by atoms with Crippen LogP contribution in [-0.4, -0.2) is 34.2 Å². The summed E-state index contributed by atoms with van der Waals surface area (Å²) < 4.78 is 0. The molecule has 0 heterocycles. The number of rotatable bonds is 4. The van der Waals surface area contributed by atoms with E-state index in [-0.39, 0.29) is 0 Å². The van der Waals surface area contributed by atoms with Gasteiger partial charge in [0.15, 0.2) is 0 Å². The molecule has 3 N–H and O–H groups in total. The van der Waals surface area contributed by atoms with Crippen LogP contribution >= 0.6 is 0 Å². The zero-order valence-corrected chi connectivity index (χ0v) is 6.37. The third kappa shape index (κ3) is 3.57. The zero-order chi connectivity index (χ0) is 9.02. The Hall–Kier alpha value is -1.10. The average Bonchev–Trinajstić information content (AvgIpc) is 1.87. The van der Waals surface area contributed by atoms with Crippen LogP contribution in [0.1, 0.15) is 13.8 Å². The molecule has 0 bridgehead atoms. The summed E-state index contributed by atoms with van der Waals surface area (Å²) in [7, 11) is 0. The molecule has 5 heteroatoms. The van der Waals surface area contributed by atoms with Gasteiger partial charge in [0, 0.05) is 0 Å². The Morgan fingerprint density at radius 1 is 1.09 bits per heavy atom. The Bertz CT molecular complexity index is 150. The van der Waals surface area contributed by atoms with E-state index in [0.29, 0.717) is 0 Å². The van der Waals surface area contributed by atoms with Gasteiger partial charge >= 0.3 is 11.9 Å². The molecule has 5 nitrogen and oxygen atoms in total. The second kappa shape index (κ2) is 3.92. The Morgan fingerprint density at radius 3 is 1.55 bits per heavy atom. The molecule has 0 spiro atoms. The largest absolute Gasteiger partial charge is 0.480 e. The lowest BCUT2D eigenvalue weighted by atomic mass is 10.2. The van der Waals surface area contributed by atoms with E-state index in [2.05, 4.69) is 5.32 Å². The van der Waals surface area contributed by atoms with Gasteiger partial charge in [-0.1, -0.05) is 0 Å². The molecule has 1 unspecified atom stereocenters. The van der Waals surface area contributed by atoms with Gasteiger partial charge in [0.2, 0.25) is 0 Å². The molecule has 0 aliphatic heterocycles. The fourth-order valence-electron chi connectivity index (χ4n) is 0.518. The van der Waals surface area contributed by atoms with E-state index in [9.17, 15) is 9.59 Å². The first-order valence-corrected chi connectivity index (χ1v) is 3.16. The summed E-state index contributed by atoms with van der Waals surface area (Å²) in [4.78, 5) is 20.4.